The van der Waals surface area contributed by atoms with Crippen molar-refractivity contribution < 1.29 is 18.1 Å². The molecule has 0 aliphatic carbocycles. The van der Waals surface area contributed by atoms with E-state index in [1.54, 1.807) is 9.80 Å². The first kappa shape index (κ1) is 14.6. The second-order valence-electron chi connectivity index (χ2n) is 4.57. The molecule has 0 atom stereocenters. The number of nitrogens with zero attached hydrogens (tertiary/aromatic N) is 3. The molecule has 1 heterocycles. The molecule has 1 aliphatic heterocycles. The summed E-state index contributed by atoms with van der Waals surface area (Å²) >= 11 is 0. The summed E-state index contributed by atoms with van der Waals surface area (Å²) in [6, 6.07) is 3.39. The first-order valence-electron chi connectivity index (χ1n) is 6.17. The zero-order valence-corrected chi connectivity index (χ0v) is 10.6. The zero-order valence-electron chi connectivity index (χ0n) is 10.6. The molecule has 5 nitrogen and oxygen atoms in total. The quantitative estimate of drug-likeness (QED) is 0.629. The van der Waals surface area contributed by atoms with Gasteiger partial charge in [0.25, 0.3) is 12.1 Å². The molecule has 0 radical (unpaired) electrons. The molecule has 1 saturated heterocycles. The Morgan fingerprint density at radius 1 is 1.25 bits per heavy atom. The average Bonchev–Trinajstić information content (AvgIpc) is 2.39. The van der Waals surface area contributed by atoms with E-state index in [9.17, 15) is 23.3 Å². The standard InChI is InChI=1S/C12H14F3N3O2/c13-9-1-2-10(11(7-9)18(19)20)17-5-3-16(4-6-17)8-12(14)15/h1-2,7,12H,3-6,8H2. The van der Waals surface area contributed by atoms with Crippen LogP contribution in [0.2, 0.25) is 0 Å². The third kappa shape index (κ3) is 3.38. The third-order valence-electron chi connectivity index (χ3n) is 3.24. The van der Waals surface area contributed by atoms with Crippen LogP contribution in [0.25, 0.3) is 0 Å². The molecule has 0 saturated carbocycles. The number of hydrogen-bond acceptors (Lipinski definition) is 4. The largest absolute Gasteiger partial charge is 0.363 e. The molecule has 0 bridgehead atoms. The number of nitro benzene ring substituents is 1. The number of alkyl halides is 2. The summed E-state index contributed by atoms with van der Waals surface area (Å²) in [5.41, 5.74) is 0.0282. The highest BCUT2D eigenvalue weighted by atomic mass is 19.3. The van der Waals surface area contributed by atoms with Crippen molar-refractivity contribution in [1.29, 1.82) is 0 Å². The summed E-state index contributed by atoms with van der Waals surface area (Å²) in [5, 5.41) is 10.9. The number of benzene rings is 1. The summed E-state index contributed by atoms with van der Waals surface area (Å²) in [6.07, 6.45) is -2.39. The van der Waals surface area contributed by atoms with Crippen molar-refractivity contribution in [2.24, 2.45) is 0 Å². The Bertz CT molecular complexity index is 491. The summed E-state index contributed by atoms with van der Waals surface area (Å²) in [5.74, 6) is -0.670. The van der Waals surface area contributed by atoms with Gasteiger partial charge in [0, 0.05) is 26.2 Å². The molecule has 0 aromatic heterocycles. The van der Waals surface area contributed by atoms with Gasteiger partial charge in [0.2, 0.25) is 0 Å². The van der Waals surface area contributed by atoms with Gasteiger partial charge in [-0.15, -0.1) is 0 Å². The predicted octanol–water partition coefficient (Wildman–Crippen LogP) is 2.12. The Hall–Kier alpha value is -1.83. The second-order valence-corrected chi connectivity index (χ2v) is 4.57. The molecule has 20 heavy (non-hydrogen) atoms. The second kappa shape index (κ2) is 6.08. The maximum Gasteiger partial charge on any atom is 0.295 e. The number of anilines is 1. The van der Waals surface area contributed by atoms with Crippen LogP contribution in [0.15, 0.2) is 18.2 Å². The molecule has 8 heteroatoms. The van der Waals surface area contributed by atoms with Crippen molar-refractivity contribution in [1.82, 2.24) is 4.90 Å². The minimum absolute atomic E-state index is 0.292. The third-order valence-corrected chi connectivity index (χ3v) is 3.24. The van der Waals surface area contributed by atoms with E-state index in [1.807, 2.05) is 0 Å². The van der Waals surface area contributed by atoms with Crippen LogP contribution in [0.3, 0.4) is 0 Å². The van der Waals surface area contributed by atoms with Gasteiger partial charge >= 0.3 is 0 Å². The van der Waals surface area contributed by atoms with Gasteiger partial charge in [-0.2, -0.15) is 0 Å². The number of hydrogen-bond donors (Lipinski definition) is 0. The molecule has 0 spiro atoms. The van der Waals surface area contributed by atoms with Crippen LogP contribution in [0.5, 0.6) is 0 Å². The Balaban J connectivity index is 2.09. The van der Waals surface area contributed by atoms with Crippen molar-refractivity contribution in [3.8, 4) is 0 Å². The highest BCUT2D eigenvalue weighted by molar-refractivity contribution is 5.63. The van der Waals surface area contributed by atoms with E-state index >= 15 is 0 Å². The van der Waals surface area contributed by atoms with E-state index in [4.69, 9.17) is 0 Å². The number of piperazine rings is 1. The molecule has 0 N–H and O–H groups in total. The topological polar surface area (TPSA) is 49.6 Å². The van der Waals surface area contributed by atoms with Gasteiger partial charge in [-0.05, 0) is 12.1 Å². The summed E-state index contributed by atoms with van der Waals surface area (Å²) in [4.78, 5) is 13.6. The van der Waals surface area contributed by atoms with E-state index in [-0.39, 0.29) is 12.2 Å². The number of nitro groups is 1. The lowest BCUT2D eigenvalue weighted by molar-refractivity contribution is -0.384. The molecule has 1 aromatic carbocycles. The lowest BCUT2D eigenvalue weighted by Gasteiger charge is -2.35. The highest BCUT2D eigenvalue weighted by Gasteiger charge is 2.25. The lowest BCUT2D eigenvalue weighted by Crippen LogP contribution is -2.47. The van der Waals surface area contributed by atoms with Crippen molar-refractivity contribution >= 4 is 11.4 Å². The molecule has 110 valence electrons. The SMILES string of the molecule is O=[N+]([O-])c1cc(F)ccc1N1CCN(CC(F)F)CC1. The van der Waals surface area contributed by atoms with Gasteiger partial charge in [0.15, 0.2) is 0 Å². The van der Waals surface area contributed by atoms with E-state index in [0.29, 0.717) is 31.9 Å². The summed E-state index contributed by atoms with van der Waals surface area (Å²) in [7, 11) is 0. The van der Waals surface area contributed by atoms with Crippen molar-refractivity contribution in [3.05, 3.63) is 34.1 Å². The van der Waals surface area contributed by atoms with Crippen LogP contribution in [-0.2, 0) is 0 Å². The maximum atomic E-state index is 13.1. The van der Waals surface area contributed by atoms with Gasteiger partial charge in [0.05, 0.1) is 17.5 Å². The van der Waals surface area contributed by atoms with E-state index in [1.165, 1.54) is 6.07 Å². The molecule has 1 aliphatic rings. The summed E-state index contributed by atoms with van der Waals surface area (Å²) in [6.45, 7) is 1.31. The predicted molar refractivity (Wildman–Crippen MR) is 67.7 cm³/mol. The lowest BCUT2D eigenvalue weighted by atomic mass is 10.2. The number of halogens is 3. The minimum Gasteiger partial charge on any atom is -0.363 e. The first-order valence-corrected chi connectivity index (χ1v) is 6.17. The fraction of sp³-hybridized carbons (Fsp3) is 0.500. The van der Waals surface area contributed by atoms with Crippen molar-refractivity contribution in [2.45, 2.75) is 6.43 Å². The molecule has 1 aromatic rings. The molecule has 0 unspecified atom stereocenters. The Labute approximate surface area is 113 Å². The fourth-order valence-corrected chi connectivity index (χ4v) is 2.28. The minimum atomic E-state index is -2.39. The van der Waals surface area contributed by atoms with Gasteiger partial charge in [0.1, 0.15) is 11.5 Å². The van der Waals surface area contributed by atoms with Crippen molar-refractivity contribution in [2.75, 3.05) is 37.6 Å². The van der Waals surface area contributed by atoms with Crippen molar-refractivity contribution in [3.63, 3.8) is 0 Å². The van der Waals surface area contributed by atoms with Crippen LogP contribution in [0.4, 0.5) is 24.5 Å². The van der Waals surface area contributed by atoms with Gasteiger partial charge in [-0.25, -0.2) is 13.2 Å². The Morgan fingerprint density at radius 2 is 1.90 bits per heavy atom. The first-order chi connectivity index (χ1) is 9.47. The number of rotatable bonds is 4. The van der Waals surface area contributed by atoms with Crippen LogP contribution in [0, 0.1) is 15.9 Å². The molecular formula is C12H14F3N3O2. The molecular weight excluding hydrogens is 275 g/mol. The highest BCUT2D eigenvalue weighted by Crippen LogP contribution is 2.29. The van der Waals surface area contributed by atoms with Crippen LogP contribution >= 0.6 is 0 Å². The smallest absolute Gasteiger partial charge is 0.295 e. The van der Waals surface area contributed by atoms with E-state index < -0.39 is 17.2 Å². The summed E-state index contributed by atoms with van der Waals surface area (Å²) < 4.78 is 37.6. The van der Waals surface area contributed by atoms with Gasteiger partial charge in [-0.3, -0.25) is 15.0 Å². The molecule has 2 rings (SSSR count). The monoisotopic (exact) mass is 289 g/mol. The molecule has 0 amide bonds. The van der Waals surface area contributed by atoms with Crippen LogP contribution < -0.4 is 4.90 Å². The van der Waals surface area contributed by atoms with Crippen LogP contribution in [-0.4, -0.2) is 49.0 Å². The normalized spacial score (nSPS) is 16.7. The van der Waals surface area contributed by atoms with Gasteiger partial charge < -0.3 is 4.90 Å². The zero-order chi connectivity index (χ0) is 14.7. The fourth-order valence-electron chi connectivity index (χ4n) is 2.28. The van der Waals surface area contributed by atoms with Crippen LogP contribution in [0.1, 0.15) is 0 Å². The van der Waals surface area contributed by atoms with Gasteiger partial charge in [-0.1, -0.05) is 0 Å². The molecule has 1 fully saturated rings. The average molecular weight is 289 g/mol. The maximum absolute atomic E-state index is 13.1. The van der Waals surface area contributed by atoms with E-state index in [0.717, 1.165) is 12.1 Å². The Morgan fingerprint density at radius 3 is 2.45 bits per heavy atom. The van der Waals surface area contributed by atoms with E-state index in [2.05, 4.69) is 0 Å². The Kier molecular flexibility index (Phi) is 4.43.